The van der Waals surface area contributed by atoms with E-state index in [4.69, 9.17) is 14.5 Å². The Bertz CT molecular complexity index is 964. The van der Waals surface area contributed by atoms with Crippen molar-refractivity contribution in [2.75, 3.05) is 49.6 Å². The van der Waals surface area contributed by atoms with Gasteiger partial charge in [-0.3, -0.25) is 4.79 Å². The third kappa shape index (κ3) is 6.23. The first-order valence-corrected chi connectivity index (χ1v) is 12.3. The largest absolute Gasteiger partial charge is 0.444 e. The van der Waals surface area contributed by atoms with Crippen LogP contribution in [0.3, 0.4) is 0 Å². The van der Waals surface area contributed by atoms with E-state index in [1.807, 2.05) is 45.0 Å². The normalized spacial score (nSPS) is 19.3. The van der Waals surface area contributed by atoms with E-state index in [0.29, 0.717) is 13.1 Å². The summed E-state index contributed by atoms with van der Waals surface area (Å²) in [6, 6.07) is 7.74. The molecule has 1 aromatic carbocycles. The summed E-state index contributed by atoms with van der Waals surface area (Å²) in [5.41, 5.74) is 2.13. The summed E-state index contributed by atoms with van der Waals surface area (Å²) in [4.78, 5) is 33.9. The van der Waals surface area contributed by atoms with E-state index in [9.17, 15) is 9.59 Å². The fourth-order valence-corrected chi connectivity index (χ4v) is 4.84. The quantitative estimate of drug-likeness (QED) is 0.717. The average Bonchev–Trinajstić information content (AvgIpc) is 3.29. The summed E-state index contributed by atoms with van der Waals surface area (Å²) < 4.78 is 10.9. The molecule has 2 fully saturated rings. The van der Waals surface area contributed by atoms with Gasteiger partial charge in [-0.1, -0.05) is 12.1 Å². The number of thiazole rings is 1. The van der Waals surface area contributed by atoms with E-state index in [0.717, 1.165) is 61.2 Å². The highest BCUT2D eigenvalue weighted by Crippen LogP contribution is 2.29. The number of likely N-dealkylation sites (tertiary alicyclic amines) is 1. The third-order valence-electron chi connectivity index (χ3n) is 5.67. The van der Waals surface area contributed by atoms with Crippen LogP contribution in [0.15, 0.2) is 29.6 Å². The second kappa shape index (κ2) is 10.1. The maximum Gasteiger partial charge on any atom is 0.410 e. The summed E-state index contributed by atoms with van der Waals surface area (Å²) in [6.07, 6.45) is 1.18. The standard InChI is InChI=1S/C24H32N4O4S/c1-24(2,3)32-23(30)28-10-4-5-18(15-28)21(29)25-19-8-6-17(7-9-19)20-16-33-22(26-20)27-11-13-31-14-12-27/h6-9,16,18H,4-5,10-15H2,1-3H3,(H,25,29). The fraction of sp³-hybridized carbons (Fsp3) is 0.542. The molecule has 1 unspecified atom stereocenters. The summed E-state index contributed by atoms with van der Waals surface area (Å²) in [7, 11) is 0. The van der Waals surface area contributed by atoms with Crippen molar-refractivity contribution in [1.29, 1.82) is 0 Å². The number of aromatic nitrogens is 1. The fourth-order valence-electron chi connectivity index (χ4n) is 3.95. The number of carbonyl (C=O) groups excluding carboxylic acids is 2. The van der Waals surface area contributed by atoms with Crippen LogP contribution in [0.4, 0.5) is 15.6 Å². The first-order chi connectivity index (χ1) is 15.8. The molecule has 1 atom stereocenters. The predicted molar refractivity (Wildman–Crippen MR) is 130 cm³/mol. The number of ether oxygens (including phenoxy) is 2. The van der Waals surface area contributed by atoms with Crippen molar-refractivity contribution in [3.8, 4) is 11.3 Å². The highest BCUT2D eigenvalue weighted by atomic mass is 32.1. The van der Waals surface area contributed by atoms with Crippen molar-refractivity contribution in [3.05, 3.63) is 29.6 Å². The molecule has 3 heterocycles. The first-order valence-electron chi connectivity index (χ1n) is 11.5. The maximum atomic E-state index is 12.8. The summed E-state index contributed by atoms with van der Waals surface area (Å²) in [5, 5.41) is 6.07. The number of hydrogen-bond acceptors (Lipinski definition) is 7. The third-order valence-corrected chi connectivity index (χ3v) is 6.57. The lowest BCUT2D eigenvalue weighted by molar-refractivity contribution is -0.121. The molecule has 0 saturated carbocycles. The van der Waals surface area contributed by atoms with E-state index in [1.165, 1.54) is 0 Å². The Morgan fingerprint density at radius 1 is 1.15 bits per heavy atom. The molecule has 2 aromatic rings. The van der Waals surface area contributed by atoms with Gasteiger partial charge in [0.1, 0.15) is 5.60 Å². The van der Waals surface area contributed by atoms with Gasteiger partial charge in [-0.2, -0.15) is 0 Å². The number of anilines is 2. The molecule has 1 aromatic heterocycles. The van der Waals surface area contributed by atoms with Gasteiger partial charge in [0, 0.05) is 42.8 Å². The Kier molecular flexibility index (Phi) is 7.19. The van der Waals surface area contributed by atoms with Crippen LogP contribution in [0.2, 0.25) is 0 Å². The first kappa shape index (κ1) is 23.5. The molecule has 178 valence electrons. The summed E-state index contributed by atoms with van der Waals surface area (Å²) in [6.45, 7) is 9.73. The minimum Gasteiger partial charge on any atom is -0.444 e. The zero-order chi connectivity index (χ0) is 23.4. The highest BCUT2D eigenvalue weighted by molar-refractivity contribution is 7.14. The lowest BCUT2D eigenvalue weighted by Gasteiger charge is -2.33. The molecule has 2 aliphatic heterocycles. The van der Waals surface area contributed by atoms with Gasteiger partial charge >= 0.3 is 6.09 Å². The van der Waals surface area contributed by atoms with Crippen molar-refractivity contribution >= 4 is 34.2 Å². The second-order valence-electron chi connectivity index (χ2n) is 9.45. The molecule has 4 rings (SSSR count). The van der Waals surface area contributed by atoms with Crippen LogP contribution in [-0.4, -0.2) is 66.9 Å². The average molecular weight is 473 g/mol. The van der Waals surface area contributed by atoms with E-state index in [1.54, 1.807) is 16.2 Å². The second-order valence-corrected chi connectivity index (χ2v) is 10.3. The number of morpholine rings is 1. The molecule has 2 aliphatic rings. The molecule has 0 aliphatic carbocycles. The van der Waals surface area contributed by atoms with Crippen LogP contribution in [0.25, 0.3) is 11.3 Å². The van der Waals surface area contributed by atoms with Gasteiger partial charge in [-0.25, -0.2) is 9.78 Å². The Balaban J connectivity index is 1.33. The monoisotopic (exact) mass is 472 g/mol. The lowest BCUT2D eigenvalue weighted by Crippen LogP contribution is -2.45. The van der Waals surface area contributed by atoms with Crippen molar-refractivity contribution in [2.45, 2.75) is 39.2 Å². The van der Waals surface area contributed by atoms with Crippen molar-refractivity contribution < 1.29 is 19.1 Å². The van der Waals surface area contributed by atoms with E-state index in [2.05, 4.69) is 15.6 Å². The van der Waals surface area contributed by atoms with Gasteiger partial charge in [-0.05, 0) is 45.7 Å². The Labute approximate surface area is 198 Å². The molecule has 0 bridgehead atoms. The SMILES string of the molecule is CC(C)(C)OC(=O)N1CCCC(C(=O)Nc2ccc(-c3csc(N4CCOCC4)n3)cc2)C1. The number of nitrogens with one attached hydrogen (secondary N) is 1. The maximum absolute atomic E-state index is 12.8. The van der Waals surface area contributed by atoms with E-state index in [-0.39, 0.29) is 17.9 Å². The molecule has 2 saturated heterocycles. The Morgan fingerprint density at radius 3 is 2.58 bits per heavy atom. The molecule has 2 amide bonds. The van der Waals surface area contributed by atoms with Gasteiger partial charge in [0.05, 0.1) is 24.8 Å². The number of benzene rings is 1. The summed E-state index contributed by atoms with van der Waals surface area (Å²) in [5.74, 6) is -0.320. The number of rotatable bonds is 4. The number of hydrogen-bond donors (Lipinski definition) is 1. The van der Waals surface area contributed by atoms with Gasteiger partial charge in [0.25, 0.3) is 0 Å². The van der Waals surface area contributed by atoms with E-state index >= 15 is 0 Å². The number of carbonyl (C=O) groups is 2. The molecular formula is C24H32N4O4S. The molecule has 0 radical (unpaired) electrons. The topological polar surface area (TPSA) is 84.0 Å². The van der Waals surface area contributed by atoms with Crippen LogP contribution < -0.4 is 10.2 Å². The molecule has 0 spiro atoms. The highest BCUT2D eigenvalue weighted by Gasteiger charge is 2.31. The number of amides is 2. The molecule has 33 heavy (non-hydrogen) atoms. The van der Waals surface area contributed by atoms with Gasteiger partial charge in [0.2, 0.25) is 5.91 Å². The molecular weight excluding hydrogens is 440 g/mol. The zero-order valence-corrected chi connectivity index (χ0v) is 20.3. The van der Waals surface area contributed by atoms with Crippen LogP contribution in [0, 0.1) is 5.92 Å². The predicted octanol–water partition coefficient (Wildman–Crippen LogP) is 4.23. The van der Waals surface area contributed by atoms with Crippen LogP contribution in [0.5, 0.6) is 0 Å². The minimum absolute atomic E-state index is 0.0701. The zero-order valence-electron chi connectivity index (χ0n) is 19.5. The Hall–Kier alpha value is -2.65. The molecule has 9 heteroatoms. The van der Waals surface area contributed by atoms with Gasteiger partial charge in [0.15, 0.2) is 5.13 Å². The number of nitrogens with zero attached hydrogens (tertiary/aromatic N) is 3. The van der Waals surface area contributed by atoms with Crippen LogP contribution >= 0.6 is 11.3 Å². The van der Waals surface area contributed by atoms with Crippen molar-refractivity contribution in [3.63, 3.8) is 0 Å². The smallest absolute Gasteiger partial charge is 0.410 e. The van der Waals surface area contributed by atoms with E-state index < -0.39 is 5.60 Å². The van der Waals surface area contributed by atoms with Gasteiger partial charge < -0.3 is 24.6 Å². The van der Waals surface area contributed by atoms with Gasteiger partial charge in [-0.15, -0.1) is 11.3 Å². The lowest BCUT2D eigenvalue weighted by atomic mass is 9.97. The molecule has 8 nitrogen and oxygen atoms in total. The van der Waals surface area contributed by atoms with Crippen molar-refractivity contribution in [2.24, 2.45) is 5.92 Å². The van der Waals surface area contributed by atoms with Crippen LogP contribution in [0.1, 0.15) is 33.6 Å². The van der Waals surface area contributed by atoms with Crippen LogP contribution in [-0.2, 0) is 14.3 Å². The van der Waals surface area contributed by atoms with Crippen molar-refractivity contribution in [1.82, 2.24) is 9.88 Å². The minimum atomic E-state index is -0.547. The number of piperidine rings is 1. The molecule has 1 N–H and O–H groups in total. The Morgan fingerprint density at radius 2 is 1.88 bits per heavy atom. The summed E-state index contributed by atoms with van der Waals surface area (Å²) >= 11 is 1.64.